The molecule has 4 rings (SSSR count). The van der Waals surface area contributed by atoms with Gasteiger partial charge < -0.3 is 19.3 Å². The van der Waals surface area contributed by atoms with Gasteiger partial charge in [-0.05, 0) is 35.9 Å². The predicted molar refractivity (Wildman–Crippen MR) is 119 cm³/mol. The maximum Gasteiger partial charge on any atom is 0.254 e. The highest BCUT2D eigenvalue weighted by atomic mass is 35.5. The molecule has 0 unspecified atom stereocenters. The average molecular weight is 430 g/mol. The zero-order valence-electron chi connectivity index (χ0n) is 17.3. The Morgan fingerprint density at radius 3 is 2.53 bits per heavy atom. The number of nitrogens with zero attached hydrogens (tertiary/aromatic N) is 3. The Bertz CT molecular complexity index is 878. The lowest BCUT2D eigenvalue weighted by molar-refractivity contribution is 0.0303. The van der Waals surface area contributed by atoms with Crippen molar-refractivity contribution in [1.82, 2.24) is 9.80 Å². The third kappa shape index (κ3) is 4.89. The van der Waals surface area contributed by atoms with Gasteiger partial charge in [0.2, 0.25) is 0 Å². The fourth-order valence-corrected chi connectivity index (χ4v) is 4.23. The number of morpholine rings is 1. The van der Waals surface area contributed by atoms with Gasteiger partial charge in [-0.25, -0.2) is 0 Å². The molecule has 1 amide bonds. The SMILES string of the molecule is COc1ccc(Cl)cc1N1CCN(Cc2cccc(C(=O)N3CCOCC3)c2)CC1. The highest BCUT2D eigenvalue weighted by Crippen LogP contribution is 2.32. The van der Waals surface area contributed by atoms with Crippen LogP contribution >= 0.6 is 11.6 Å². The summed E-state index contributed by atoms with van der Waals surface area (Å²) >= 11 is 6.19. The van der Waals surface area contributed by atoms with Gasteiger partial charge in [0.1, 0.15) is 5.75 Å². The van der Waals surface area contributed by atoms with Crippen LogP contribution in [0.2, 0.25) is 5.02 Å². The van der Waals surface area contributed by atoms with E-state index in [9.17, 15) is 4.79 Å². The second-order valence-corrected chi connectivity index (χ2v) is 8.12. The Balaban J connectivity index is 1.36. The normalized spacial score (nSPS) is 17.8. The molecule has 30 heavy (non-hydrogen) atoms. The van der Waals surface area contributed by atoms with E-state index in [1.807, 2.05) is 41.3 Å². The summed E-state index contributed by atoms with van der Waals surface area (Å²) in [4.78, 5) is 19.4. The minimum Gasteiger partial charge on any atom is -0.495 e. The molecule has 7 heteroatoms. The van der Waals surface area contributed by atoms with E-state index >= 15 is 0 Å². The van der Waals surface area contributed by atoms with Gasteiger partial charge in [0, 0.05) is 56.4 Å². The molecule has 0 spiro atoms. The number of piperazine rings is 1. The Labute approximate surface area is 182 Å². The summed E-state index contributed by atoms with van der Waals surface area (Å²) in [6.07, 6.45) is 0. The fraction of sp³-hybridized carbons (Fsp3) is 0.435. The topological polar surface area (TPSA) is 45.2 Å². The number of ether oxygens (including phenoxy) is 2. The summed E-state index contributed by atoms with van der Waals surface area (Å²) in [7, 11) is 1.69. The molecule has 0 radical (unpaired) electrons. The molecule has 2 saturated heterocycles. The number of carbonyl (C=O) groups is 1. The molecule has 2 aliphatic rings. The van der Waals surface area contributed by atoms with Gasteiger partial charge >= 0.3 is 0 Å². The number of hydrogen-bond acceptors (Lipinski definition) is 5. The van der Waals surface area contributed by atoms with Gasteiger partial charge in [0.05, 0.1) is 26.0 Å². The highest BCUT2D eigenvalue weighted by molar-refractivity contribution is 6.30. The first-order chi connectivity index (χ1) is 14.6. The second kappa shape index (κ2) is 9.69. The minimum absolute atomic E-state index is 0.0954. The molecule has 160 valence electrons. The first-order valence-corrected chi connectivity index (χ1v) is 10.8. The third-order valence-electron chi connectivity index (χ3n) is 5.73. The number of anilines is 1. The molecule has 6 nitrogen and oxygen atoms in total. The number of benzene rings is 2. The van der Waals surface area contributed by atoms with Crippen molar-refractivity contribution in [2.24, 2.45) is 0 Å². The standard InChI is InChI=1S/C23H28ClN3O3/c1-29-22-6-5-20(24)16-21(22)26-9-7-25(8-10-26)17-18-3-2-4-19(15-18)23(28)27-11-13-30-14-12-27/h2-6,15-16H,7-14,17H2,1H3. The van der Waals surface area contributed by atoms with Gasteiger partial charge in [-0.2, -0.15) is 0 Å². The molecule has 2 fully saturated rings. The van der Waals surface area contributed by atoms with E-state index in [0.29, 0.717) is 26.3 Å². The van der Waals surface area contributed by atoms with Crippen LogP contribution in [0, 0.1) is 0 Å². The summed E-state index contributed by atoms with van der Waals surface area (Å²) in [5.74, 6) is 0.945. The van der Waals surface area contributed by atoms with Crippen molar-refractivity contribution in [1.29, 1.82) is 0 Å². The van der Waals surface area contributed by atoms with Gasteiger partial charge in [-0.3, -0.25) is 9.69 Å². The third-order valence-corrected chi connectivity index (χ3v) is 5.97. The lowest BCUT2D eigenvalue weighted by Crippen LogP contribution is -2.46. The van der Waals surface area contributed by atoms with Crippen LogP contribution in [0.25, 0.3) is 0 Å². The highest BCUT2D eigenvalue weighted by Gasteiger charge is 2.22. The van der Waals surface area contributed by atoms with E-state index in [1.54, 1.807) is 7.11 Å². The number of methoxy groups -OCH3 is 1. The maximum absolute atomic E-state index is 12.8. The summed E-state index contributed by atoms with van der Waals surface area (Å²) in [6, 6.07) is 13.8. The monoisotopic (exact) mass is 429 g/mol. The zero-order chi connectivity index (χ0) is 20.9. The van der Waals surface area contributed by atoms with E-state index in [4.69, 9.17) is 21.1 Å². The number of halogens is 1. The van der Waals surface area contributed by atoms with Gasteiger partial charge in [-0.1, -0.05) is 23.7 Å². The van der Waals surface area contributed by atoms with Crippen molar-refractivity contribution in [3.63, 3.8) is 0 Å². The van der Waals surface area contributed by atoms with E-state index in [0.717, 1.165) is 54.7 Å². The van der Waals surface area contributed by atoms with Crippen molar-refractivity contribution in [3.05, 3.63) is 58.6 Å². The largest absolute Gasteiger partial charge is 0.495 e. The maximum atomic E-state index is 12.8. The Morgan fingerprint density at radius 2 is 1.80 bits per heavy atom. The molecule has 0 aliphatic carbocycles. The zero-order valence-corrected chi connectivity index (χ0v) is 18.1. The molecule has 0 atom stereocenters. The van der Waals surface area contributed by atoms with Crippen LogP contribution in [0.4, 0.5) is 5.69 Å². The molecule has 0 N–H and O–H groups in total. The van der Waals surface area contributed by atoms with Crippen LogP contribution in [0.3, 0.4) is 0 Å². The van der Waals surface area contributed by atoms with Crippen molar-refractivity contribution in [2.75, 3.05) is 64.5 Å². The molecular formula is C23H28ClN3O3. The predicted octanol–water partition coefficient (Wildman–Crippen LogP) is 3.14. The molecule has 0 saturated carbocycles. The fourth-order valence-electron chi connectivity index (χ4n) is 4.07. The molecule has 2 heterocycles. The van der Waals surface area contributed by atoms with E-state index in [2.05, 4.69) is 15.9 Å². The quantitative estimate of drug-likeness (QED) is 0.730. The minimum atomic E-state index is 0.0954. The Morgan fingerprint density at radius 1 is 1.03 bits per heavy atom. The van der Waals surface area contributed by atoms with E-state index in [1.165, 1.54) is 5.56 Å². The lowest BCUT2D eigenvalue weighted by Gasteiger charge is -2.36. The van der Waals surface area contributed by atoms with Crippen molar-refractivity contribution < 1.29 is 14.3 Å². The number of carbonyl (C=O) groups excluding carboxylic acids is 1. The summed E-state index contributed by atoms with van der Waals surface area (Å²) < 4.78 is 10.9. The van der Waals surface area contributed by atoms with Crippen molar-refractivity contribution in [3.8, 4) is 5.75 Å². The lowest BCUT2D eigenvalue weighted by atomic mass is 10.1. The smallest absolute Gasteiger partial charge is 0.254 e. The van der Waals surface area contributed by atoms with Gasteiger partial charge in [0.25, 0.3) is 5.91 Å². The van der Waals surface area contributed by atoms with Crippen LogP contribution in [-0.2, 0) is 11.3 Å². The average Bonchev–Trinajstić information content (AvgIpc) is 2.80. The summed E-state index contributed by atoms with van der Waals surface area (Å²) in [6.45, 7) is 7.10. The Hall–Kier alpha value is -2.28. The molecule has 2 aromatic carbocycles. The Kier molecular flexibility index (Phi) is 6.77. The molecule has 2 aromatic rings. The summed E-state index contributed by atoms with van der Waals surface area (Å²) in [5, 5.41) is 0.718. The second-order valence-electron chi connectivity index (χ2n) is 7.68. The van der Waals surface area contributed by atoms with Crippen LogP contribution in [0.15, 0.2) is 42.5 Å². The molecule has 0 aromatic heterocycles. The number of amides is 1. The molecule has 0 bridgehead atoms. The van der Waals surface area contributed by atoms with Crippen LogP contribution < -0.4 is 9.64 Å². The molecular weight excluding hydrogens is 402 g/mol. The molecule has 2 aliphatic heterocycles. The van der Waals surface area contributed by atoms with Gasteiger partial charge in [-0.15, -0.1) is 0 Å². The van der Waals surface area contributed by atoms with Crippen molar-refractivity contribution >= 4 is 23.2 Å². The van der Waals surface area contributed by atoms with E-state index < -0.39 is 0 Å². The van der Waals surface area contributed by atoms with Gasteiger partial charge in [0.15, 0.2) is 0 Å². The number of hydrogen-bond donors (Lipinski definition) is 0. The first-order valence-electron chi connectivity index (χ1n) is 10.4. The number of rotatable bonds is 5. The van der Waals surface area contributed by atoms with E-state index in [-0.39, 0.29) is 5.91 Å². The van der Waals surface area contributed by atoms with Crippen LogP contribution in [-0.4, -0.2) is 75.3 Å². The first kappa shape index (κ1) is 21.0. The van der Waals surface area contributed by atoms with Crippen LogP contribution in [0.5, 0.6) is 5.75 Å². The van der Waals surface area contributed by atoms with Crippen LogP contribution in [0.1, 0.15) is 15.9 Å². The summed E-state index contributed by atoms with van der Waals surface area (Å²) in [5.41, 5.74) is 2.97. The van der Waals surface area contributed by atoms with Crippen molar-refractivity contribution in [2.45, 2.75) is 6.54 Å².